The van der Waals surface area contributed by atoms with Crippen LogP contribution in [0.25, 0.3) is 0 Å². The van der Waals surface area contributed by atoms with E-state index in [1.165, 1.54) is 0 Å². The smallest absolute Gasteiger partial charge is 0.138 e. The van der Waals surface area contributed by atoms with Crippen LogP contribution in [0.4, 0.5) is 5.69 Å². The van der Waals surface area contributed by atoms with Crippen LogP contribution in [-0.4, -0.2) is 16.9 Å². The summed E-state index contributed by atoms with van der Waals surface area (Å²) in [5, 5.41) is 7.68. The van der Waals surface area contributed by atoms with Crippen molar-refractivity contribution in [3.63, 3.8) is 0 Å². The van der Waals surface area contributed by atoms with Gasteiger partial charge >= 0.3 is 0 Å². The van der Waals surface area contributed by atoms with Gasteiger partial charge in [0, 0.05) is 29.8 Å². The second-order valence-corrected chi connectivity index (χ2v) is 6.01. The summed E-state index contributed by atoms with van der Waals surface area (Å²) in [6, 6.07) is 4.01. The number of hydrogen-bond acceptors (Lipinski definition) is 3. The van der Waals surface area contributed by atoms with E-state index in [2.05, 4.69) is 42.3 Å². The zero-order chi connectivity index (χ0) is 14.0. The van der Waals surface area contributed by atoms with Gasteiger partial charge in [0.05, 0.1) is 23.0 Å². The minimum Gasteiger partial charge on any atom is -0.495 e. The first kappa shape index (κ1) is 14.4. The second kappa shape index (κ2) is 5.96. The molecule has 0 aliphatic carbocycles. The summed E-state index contributed by atoms with van der Waals surface area (Å²) in [4.78, 5) is 0. The Balaban J connectivity index is 2.22. The minimum absolute atomic E-state index is 0.674. The molecular formula is C13H15Br2N3O. The summed E-state index contributed by atoms with van der Waals surface area (Å²) < 4.78 is 9.17. The van der Waals surface area contributed by atoms with Crippen LogP contribution in [0, 0.1) is 6.92 Å². The zero-order valence-electron chi connectivity index (χ0n) is 11.0. The maximum Gasteiger partial charge on any atom is 0.138 e. The molecule has 19 heavy (non-hydrogen) atoms. The summed E-state index contributed by atoms with van der Waals surface area (Å²) in [6.07, 6.45) is 1.97. The molecule has 2 aromatic rings. The van der Waals surface area contributed by atoms with Crippen molar-refractivity contribution >= 4 is 37.5 Å². The molecular weight excluding hydrogens is 374 g/mol. The van der Waals surface area contributed by atoms with Gasteiger partial charge in [-0.05, 0) is 35.0 Å². The van der Waals surface area contributed by atoms with Gasteiger partial charge in [-0.1, -0.05) is 15.9 Å². The second-order valence-electron chi connectivity index (χ2n) is 4.24. The molecule has 0 spiro atoms. The van der Waals surface area contributed by atoms with E-state index >= 15 is 0 Å². The number of anilines is 1. The molecule has 0 atom stereocenters. The van der Waals surface area contributed by atoms with Crippen molar-refractivity contribution in [2.45, 2.75) is 13.5 Å². The van der Waals surface area contributed by atoms with Crippen molar-refractivity contribution in [3.05, 3.63) is 38.5 Å². The molecule has 0 saturated carbocycles. The molecule has 0 amide bonds. The van der Waals surface area contributed by atoms with E-state index < -0.39 is 0 Å². The van der Waals surface area contributed by atoms with Crippen LogP contribution in [0.1, 0.15) is 11.3 Å². The fourth-order valence-electron chi connectivity index (χ4n) is 1.94. The number of benzene rings is 1. The molecule has 4 nitrogen and oxygen atoms in total. The molecule has 1 heterocycles. The largest absolute Gasteiger partial charge is 0.495 e. The summed E-state index contributed by atoms with van der Waals surface area (Å²) in [5.41, 5.74) is 3.09. The van der Waals surface area contributed by atoms with Gasteiger partial charge in [0.2, 0.25) is 0 Å². The number of rotatable bonds is 4. The van der Waals surface area contributed by atoms with Crippen LogP contribution in [0.3, 0.4) is 0 Å². The van der Waals surface area contributed by atoms with E-state index in [-0.39, 0.29) is 0 Å². The van der Waals surface area contributed by atoms with E-state index in [1.807, 2.05) is 32.3 Å². The summed E-state index contributed by atoms with van der Waals surface area (Å²) in [5.74, 6) is 0.845. The van der Waals surface area contributed by atoms with Crippen LogP contribution in [0.15, 0.2) is 27.3 Å². The Bertz CT molecular complexity index is 596. The van der Waals surface area contributed by atoms with Crippen LogP contribution in [0.5, 0.6) is 5.75 Å². The molecule has 0 unspecified atom stereocenters. The quantitative estimate of drug-likeness (QED) is 0.863. The molecule has 6 heteroatoms. The van der Waals surface area contributed by atoms with Crippen LogP contribution >= 0.6 is 31.9 Å². The van der Waals surface area contributed by atoms with Crippen molar-refractivity contribution in [1.82, 2.24) is 9.78 Å². The molecule has 102 valence electrons. The number of aryl methyl sites for hydroxylation is 2. The molecule has 0 saturated heterocycles. The SMILES string of the molecule is COc1c(Br)cc(Br)cc1CNc1cn(C)nc1C. The fraction of sp³-hybridized carbons (Fsp3) is 0.308. The van der Waals surface area contributed by atoms with Gasteiger partial charge in [0.15, 0.2) is 0 Å². The first-order valence-corrected chi connectivity index (χ1v) is 7.36. The van der Waals surface area contributed by atoms with Crippen LogP contribution in [0.2, 0.25) is 0 Å². The Hall–Kier alpha value is -1.01. The number of aromatic nitrogens is 2. The first-order chi connectivity index (χ1) is 9.01. The summed E-state index contributed by atoms with van der Waals surface area (Å²) in [7, 11) is 3.58. The van der Waals surface area contributed by atoms with E-state index in [9.17, 15) is 0 Å². The Morgan fingerprint density at radius 3 is 2.68 bits per heavy atom. The molecule has 0 radical (unpaired) electrons. The fourth-order valence-corrected chi connectivity index (χ4v) is 3.41. The van der Waals surface area contributed by atoms with Gasteiger partial charge < -0.3 is 10.1 Å². The van der Waals surface area contributed by atoms with Crippen molar-refractivity contribution in [3.8, 4) is 5.75 Å². The predicted octanol–water partition coefficient (Wildman–Crippen LogP) is 3.87. The normalized spacial score (nSPS) is 10.6. The lowest BCUT2D eigenvalue weighted by molar-refractivity contribution is 0.407. The van der Waals surface area contributed by atoms with Gasteiger partial charge in [-0.2, -0.15) is 5.10 Å². The maximum absolute atomic E-state index is 5.43. The predicted molar refractivity (Wildman–Crippen MR) is 83.7 cm³/mol. The minimum atomic E-state index is 0.674. The number of methoxy groups -OCH3 is 1. The lowest BCUT2D eigenvalue weighted by atomic mass is 10.2. The number of hydrogen-bond donors (Lipinski definition) is 1. The Labute approximate surface area is 129 Å². The average Bonchev–Trinajstić information content (AvgIpc) is 2.64. The Kier molecular flexibility index (Phi) is 4.52. The molecule has 2 rings (SSSR count). The number of ether oxygens (including phenoxy) is 1. The summed E-state index contributed by atoms with van der Waals surface area (Å²) >= 11 is 7.00. The third-order valence-corrected chi connectivity index (χ3v) is 3.82. The van der Waals surface area contributed by atoms with Crippen LogP contribution in [-0.2, 0) is 13.6 Å². The van der Waals surface area contributed by atoms with E-state index in [0.717, 1.165) is 31.6 Å². The maximum atomic E-state index is 5.43. The van der Waals surface area contributed by atoms with Crippen molar-refractivity contribution in [2.75, 3.05) is 12.4 Å². The highest BCUT2D eigenvalue weighted by Crippen LogP contribution is 2.33. The standard InChI is InChI=1S/C13H15Br2N3O/c1-8-12(7-18(2)17-8)16-6-9-4-10(14)5-11(15)13(9)19-3/h4-5,7,16H,6H2,1-3H3. The van der Waals surface area contributed by atoms with Crippen molar-refractivity contribution in [1.29, 1.82) is 0 Å². The Morgan fingerprint density at radius 1 is 1.37 bits per heavy atom. The first-order valence-electron chi connectivity index (χ1n) is 5.77. The topological polar surface area (TPSA) is 39.1 Å². The molecule has 0 bridgehead atoms. The molecule has 1 N–H and O–H groups in total. The summed E-state index contributed by atoms with van der Waals surface area (Å²) in [6.45, 7) is 2.66. The molecule has 1 aromatic carbocycles. The van der Waals surface area contributed by atoms with Gasteiger partial charge in [0.25, 0.3) is 0 Å². The zero-order valence-corrected chi connectivity index (χ0v) is 14.2. The molecule has 0 aliphatic heterocycles. The van der Waals surface area contributed by atoms with E-state index in [4.69, 9.17) is 4.74 Å². The average molecular weight is 389 g/mol. The van der Waals surface area contributed by atoms with Crippen molar-refractivity contribution in [2.24, 2.45) is 7.05 Å². The van der Waals surface area contributed by atoms with E-state index in [1.54, 1.807) is 11.8 Å². The van der Waals surface area contributed by atoms with E-state index in [0.29, 0.717) is 6.54 Å². The van der Waals surface area contributed by atoms with Gasteiger partial charge in [-0.3, -0.25) is 4.68 Å². The van der Waals surface area contributed by atoms with Gasteiger partial charge in [-0.15, -0.1) is 0 Å². The van der Waals surface area contributed by atoms with Gasteiger partial charge in [0.1, 0.15) is 5.75 Å². The highest BCUT2D eigenvalue weighted by atomic mass is 79.9. The van der Waals surface area contributed by atoms with Gasteiger partial charge in [-0.25, -0.2) is 0 Å². The molecule has 0 fully saturated rings. The highest BCUT2D eigenvalue weighted by molar-refractivity contribution is 9.11. The number of nitrogens with zero attached hydrogens (tertiary/aromatic N) is 2. The van der Waals surface area contributed by atoms with Crippen LogP contribution < -0.4 is 10.1 Å². The monoisotopic (exact) mass is 387 g/mol. The molecule has 1 aromatic heterocycles. The van der Waals surface area contributed by atoms with Crippen molar-refractivity contribution < 1.29 is 4.74 Å². The lowest BCUT2D eigenvalue weighted by Crippen LogP contribution is -2.02. The molecule has 0 aliphatic rings. The number of halogens is 2. The Morgan fingerprint density at radius 2 is 2.11 bits per heavy atom. The highest BCUT2D eigenvalue weighted by Gasteiger charge is 2.10. The lowest BCUT2D eigenvalue weighted by Gasteiger charge is -2.12. The third-order valence-electron chi connectivity index (χ3n) is 2.77. The number of nitrogens with one attached hydrogen (secondary N) is 1. The third kappa shape index (κ3) is 3.30.